The van der Waals surface area contributed by atoms with Gasteiger partial charge in [-0.3, -0.25) is 9.10 Å². The molecule has 34 heavy (non-hydrogen) atoms. The van der Waals surface area contributed by atoms with Crippen LogP contribution in [0.25, 0.3) is 0 Å². The number of hydrogen-bond acceptors (Lipinski definition) is 6. The van der Waals surface area contributed by atoms with Crippen LogP contribution in [-0.2, 0) is 16.4 Å². The van der Waals surface area contributed by atoms with E-state index < -0.39 is 15.9 Å². The van der Waals surface area contributed by atoms with Gasteiger partial charge in [-0.2, -0.15) is 0 Å². The minimum Gasteiger partial charge on any atom is -0.497 e. The zero-order chi connectivity index (χ0) is 24.3. The third-order valence-corrected chi connectivity index (χ3v) is 7.54. The van der Waals surface area contributed by atoms with Gasteiger partial charge in [0.2, 0.25) is 0 Å². The molecule has 1 aliphatic rings. The summed E-state index contributed by atoms with van der Waals surface area (Å²) < 4.78 is 44.0. The summed E-state index contributed by atoms with van der Waals surface area (Å²) in [5, 5.41) is 2.85. The fourth-order valence-corrected chi connectivity index (χ4v) is 5.54. The smallest absolute Gasteiger partial charge is 0.264 e. The van der Waals surface area contributed by atoms with Crippen LogP contribution < -0.4 is 23.8 Å². The molecule has 0 aliphatic carbocycles. The van der Waals surface area contributed by atoms with E-state index in [1.807, 2.05) is 6.07 Å². The Hall–Kier alpha value is -3.72. The summed E-state index contributed by atoms with van der Waals surface area (Å²) in [7, 11) is 0.709. The van der Waals surface area contributed by atoms with Crippen LogP contribution in [0.2, 0.25) is 0 Å². The molecule has 0 fully saturated rings. The number of benzene rings is 3. The number of rotatable bonds is 7. The van der Waals surface area contributed by atoms with Gasteiger partial charge in [-0.15, -0.1) is 0 Å². The standard InChI is InChI=1S/C25H26N2O6S/c1-31-19-11-13-20(14-12-19)34(29,30)27-15-5-6-17-9-10-18(16-22(17)27)26-25(28)21-7-4-8-23(32-2)24(21)33-3/h4,7-14,16H,5-6,15H2,1-3H3,(H,26,28). The lowest BCUT2D eigenvalue weighted by Gasteiger charge is -2.31. The fourth-order valence-electron chi connectivity index (χ4n) is 4.01. The van der Waals surface area contributed by atoms with Gasteiger partial charge in [-0.05, 0) is 66.9 Å². The monoisotopic (exact) mass is 482 g/mol. The first kappa shape index (κ1) is 23.4. The summed E-state index contributed by atoms with van der Waals surface area (Å²) >= 11 is 0. The number of anilines is 2. The third kappa shape index (κ3) is 4.38. The molecule has 1 amide bonds. The Labute approximate surface area is 199 Å². The summed E-state index contributed by atoms with van der Waals surface area (Å²) in [5.74, 6) is 0.952. The number of methoxy groups -OCH3 is 3. The topological polar surface area (TPSA) is 94.2 Å². The lowest BCUT2D eigenvalue weighted by Crippen LogP contribution is -2.35. The average molecular weight is 483 g/mol. The van der Waals surface area contributed by atoms with Crippen molar-refractivity contribution in [2.75, 3.05) is 37.5 Å². The van der Waals surface area contributed by atoms with E-state index in [1.165, 1.54) is 37.8 Å². The van der Waals surface area contributed by atoms with E-state index in [9.17, 15) is 13.2 Å². The first-order chi connectivity index (χ1) is 16.4. The van der Waals surface area contributed by atoms with Crippen LogP contribution in [0.3, 0.4) is 0 Å². The molecule has 1 heterocycles. The second-order valence-electron chi connectivity index (χ2n) is 7.69. The summed E-state index contributed by atoms with van der Waals surface area (Å²) in [5.41, 5.74) is 2.24. The number of amides is 1. The van der Waals surface area contributed by atoms with Gasteiger partial charge < -0.3 is 19.5 Å². The van der Waals surface area contributed by atoms with Crippen molar-refractivity contribution in [1.29, 1.82) is 0 Å². The molecule has 0 spiro atoms. The second-order valence-corrected chi connectivity index (χ2v) is 9.56. The van der Waals surface area contributed by atoms with Crippen molar-refractivity contribution in [1.82, 2.24) is 0 Å². The molecule has 3 aromatic rings. The number of hydrogen-bond donors (Lipinski definition) is 1. The molecule has 0 saturated carbocycles. The van der Waals surface area contributed by atoms with Gasteiger partial charge in [0, 0.05) is 12.2 Å². The summed E-state index contributed by atoms with van der Waals surface area (Å²) in [4.78, 5) is 13.2. The minimum atomic E-state index is -3.79. The predicted octanol–water partition coefficient (Wildman–Crippen LogP) is 4.11. The molecule has 0 aromatic heterocycles. The molecule has 0 radical (unpaired) electrons. The van der Waals surface area contributed by atoms with Gasteiger partial charge >= 0.3 is 0 Å². The van der Waals surface area contributed by atoms with Gasteiger partial charge in [-0.25, -0.2) is 8.42 Å². The number of ether oxygens (including phenoxy) is 3. The molecule has 0 bridgehead atoms. The van der Waals surface area contributed by atoms with E-state index in [4.69, 9.17) is 14.2 Å². The molecule has 0 unspecified atom stereocenters. The molecule has 3 aromatic carbocycles. The Kier molecular flexibility index (Phi) is 6.65. The molecular formula is C25H26N2O6S. The normalized spacial score (nSPS) is 13.1. The van der Waals surface area contributed by atoms with E-state index in [0.29, 0.717) is 47.2 Å². The summed E-state index contributed by atoms with van der Waals surface area (Å²) in [6.45, 7) is 0.350. The zero-order valence-corrected chi connectivity index (χ0v) is 20.0. The second kappa shape index (κ2) is 9.64. The Bertz CT molecular complexity index is 1310. The lowest BCUT2D eigenvalue weighted by molar-refractivity contribution is 0.102. The van der Waals surface area contributed by atoms with Gasteiger partial charge in [0.15, 0.2) is 11.5 Å². The average Bonchev–Trinajstić information content (AvgIpc) is 2.87. The van der Waals surface area contributed by atoms with Crippen molar-refractivity contribution in [3.63, 3.8) is 0 Å². The number of nitrogens with one attached hydrogen (secondary N) is 1. The highest BCUT2D eigenvalue weighted by Crippen LogP contribution is 2.35. The minimum absolute atomic E-state index is 0.178. The number of fused-ring (bicyclic) bond motifs is 1. The summed E-state index contributed by atoms with van der Waals surface area (Å²) in [6, 6.07) is 16.7. The molecule has 1 aliphatic heterocycles. The van der Waals surface area contributed by atoms with Crippen molar-refractivity contribution >= 4 is 27.3 Å². The van der Waals surface area contributed by atoms with E-state index in [1.54, 1.807) is 42.5 Å². The van der Waals surface area contributed by atoms with Crippen molar-refractivity contribution in [3.8, 4) is 17.2 Å². The van der Waals surface area contributed by atoms with Crippen LogP contribution in [0.1, 0.15) is 22.3 Å². The third-order valence-electron chi connectivity index (χ3n) is 5.71. The van der Waals surface area contributed by atoms with E-state index >= 15 is 0 Å². The number of sulfonamides is 1. The predicted molar refractivity (Wildman–Crippen MR) is 130 cm³/mol. The maximum atomic E-state index is 13.4. The first-order valence-electron chi connectivity index (χ1n) is 10.7. The first-order valence-corrected chi connectivity index (χ1v) is 12.1. The Morgan fingerprint density at radius 1 is 0.941 bits per heavy atom. The van der Waals surface area contributed by atoms with Crippen LogP contribution >= 0.6 is 0 Å². The van der Waals surface area contributed by atoms with E-state index in [-0.39, 0.29) is 4.90 Å². The molecule has 9 heteroatoms. The highest BCUT2D eigenvalue weighted by molar-refractivity contribution is 7.92. The number of para-hydroxylation sites is 1. The SMILES string of the molecule is COc1ccc(S(=O)(=O)N2CCCc3ccc(NC(=O)c4cccc(OC)c4OC)cc32)cc1. The number of carbonyl (C=O) groups is 1. The van der Waals surface area contributed by atoms with Crippen LogP contribution in [0.15, 0.2) is 65.6 Å². The molecular weight excluding hydrogens is 456 g/mol. The molecule has 8 nitrogen and oxygen atoms in total. The summed E-state index contributed by atoms with van der Waals surface area (Å²) in [6.07, 6.45) is 1.46. The maximum absolute atomic E-state index is 13.4. The van der Waals surface area contributed by atoms with Crippen molar-refractivity contribution in [2.24, 2.45) is 0 Å². The van der Waals surface area contributed by atoms with Crippen molar-refractivity contribution in [2.45, 2.75) is 17.7 Å². The van der Waals surface area contributed by atoms with Gasteiger partial charge in [-0.1, -0.05) is 12.1 Å². The molecule has 178 valence electrons. The van der Waals surface area contributed by atoms with E-state index in [0.717, 1.165) is 12.0 Å². The molecule has 0 saturated heterocycles. The largest absolute Gasteiger partial charge is 0.497 e. The number of aryl methyl sites for hydroxylation is 1. The van der Waals surface area contributed by atoms with Crippen LogP contribution in [0.5, 0.6) is 17.2 Å². The lowest BCUT2D eigenvalue weighted by atomic mass is 10.0. The van der Waals surface area contributed by atoms with Gasteiger partial charge in [0.25, 0.3) is 15.9 Å². The maximum Gasteiger partial charge on any atom is 0.264 e. The van der Waals surface area contributed by atoms with Gasteiger partial charge in [0.1, 0.15) is 5.75 Å². The molecule has 4 rings (SSSR count). The van der Waals surface area contributed by atoms with E-state index in [2.05, 4.69) is 5.32 Å². The molecule has 1 N–H and O–H groups in total. The number of nitrogens with zero attached hydrogens (tertiary/aromatic N) is 1. The highest BCUT2D eigenvalue weighted by Gasteiger charge is 2.29. The van der Waals surface area contributed by atoms with Crippen LogP contribution in [-0.4, -0.2) is 42.2 Å². The Balaban J connectivity index is 1.66. The number of carbonyl (C=O) groups excluding carboxylic acids is 1. The fraction of sp³-hybridized carbons (Fsp3) is 0.240. The Morgan fingerprint density at radius 2 is 1.71 bits per heavy atom. The van der Waals surface area contributed by atoms with Crippen molar-refractivity contribution in [3.05, 3.63) is 71.8 Å². The quantitative estimate of drug-likeness (QED) is 0.545. The highest BCUT2D eigenvalue weighted by atomic mass is 32.2. The Morgan fingerprint density at radius 3 is 2.38 bits per heavy atom. The molecule has 0 atom stereocenters. The zero-order valence-electron chi connectivity index (χ0n) is 19.2. The van der Waals surface area contributed by atoms with Gasteiger partial charge in [0.05, 0.1) is 37.5 Å². The van der Waals surface area contributed by atoms with Crippen molar-refractivity contribution < 1.29 is 27.4 Å². The van der Waals surface area contributed by atoms with Crippen LogP contribution in [0, 0.1) is 0 Å². The van der Waals surface area contributed by atoms with Crippen LogP contribution in [0.4, 0.5) is 11.4 Å².